The number of carbonyl (C=O) groups is 2. The minimum Gasteiger partial charge on any atom is -0.339 e. The number of benzene rings is 1. The first-order valence-electron chi connectivity index (χ1n) is 7.16. The van der Waals surface area contributed by atoms with Crippen LogP contribution in [0, 0.1) is 0 Å². The Morgan fingerprint density at radius 2 is 1.60 bits per heavy atom. The maximum absolute atomic E-state index is 12.3. The third kappa shape index (κ3) is 3.59. The Kier molecular flexibility index (Phi) is 4.77. The zero-order valence-electron chi connectivity index (χ0n) is 12.2. The molecule has 1 unspecified atom stereocenters. The molecule has 1 aromatic rings. The minimum absolute atomic E-state index is 0.0924. The van der Waals surface area contributed by atoms with Crippen molar-refractivity contribution in [1.82, 2.24) is 9.80 Å². The average Bonchev–Trinajstić information content (AvgIpc) is 2.48. The Labute approximate surface area is 120 Å². The number of rotatable bonds is 3. The van der Waals surface area contributed by atoms with Crippen molar-refractivity contribution in [2.24, 2.45) is 0 Å². The van der Waals surface area contributed by atoms with Crippen LogP contribution >= 0.6 is 0 Å². The van der Waals surface area contributed by atoms with Crippen molar-refractivity contribution < 1.29 is 9.59 Å². The molecule has 1 atom stereocenters. The van der Waals surface area contributed by atoms with E-state index in [1.807, 2.05) is 23.1 Å². The molecule has 1 aliphatic rings. The Hall–Kier alpha value is -1.84. The van der Waals surface area contributed by atoms with Crippen molar-refractivity contribution in [3.63, 3.8) is 0 Å². The van der Waals surface area contributed by atoms with Gasteiger partial charge in [0.25, 0.3) is 0 Å². The molecular weight excluding hydrogens is 252 g/mol. The van der Waals surface area contributed by atoms with Crippen molar-refractivity contribution in [2.45, 2.75) is 26.2 Å². The molecule has 108 valence electrons. The van der Waals surface area contributed by atoms with E-state index in [1.165, 1.54) is 5.56 Å². The van der Waals surface area contributed by atoms with Crippen LogP contribution in [0.5, 0.6) is 0 Å². The van der Waals surface area contributed by atoms with Crippen molar-refractivity contribution in [3.05, 3.63) is 35.9 Å². The topological polar surface area (TPSA) is 40.6 Å². The van der Waals surface area contributed by atoms with Gasteiger partial charge in [0.15, 0.2) is 0 Å². The number of hydrogen-bond acceptors (Lipinski definition) is 2. The van der Waals surface area contributed by atoms with E-state index in [1.54, 1.807) is 11.8 Å². The molecule has 0 saturated carbocycles. The van der Waals surface area contributed by atoms with E-state index < -0.39 is 0 Å². The second-order valence-electron chi connectivity index (χ2n) is 5.40. The van der Waals surface area contributed by atoms with Crippen LogP contribution in [0.15, 0.2) is 30.3 Å². The predicted octanol–water partition coefficient (Wildman–Crippen LogP) is 1.87. The summed E-state index contributed by atoms with van der Waals surface area (Å²) in [6, 6.07) is 10.1. The first kappa shape index (κ1) is 14.6. The zero-order chi connectivity index (χ0) is 14.5. The largest absolute Gasteiger partial charge is 0.339 e. The molecule has 20 heavy (non-hydrogen) atoms. The maximum Gasteiger partial charge on any atom is 0.223 e. The summed E-state index contributed by atoms with van der Waals surface area (Å²) in [6.45, 7) is 6.27. The summed E-state index contributed by atoms with van der Waals surface area (Å²) in [5.41, 5.74) is 1.20. The van der Waals surface area contributed by atoms with Crippen molar-refractivity contribution in [3.8, 4) is 0 Å². The van der Waals surface area contributed by atoms with E-state index in [0.29, 0.717) is 32.6 Å². The monoisotopic (exact) mass is 274 g/mol. The fourth-order valence-corrected chi connectivity index (χ4v) is 2.56. The van der Waals surface area contributed by atoms with Crippen molar-refractivity contribution in [2.75, 3.05) is 26.2 Å². The lowest BCUT2D eigenvalue weighted by atomic mass is 9.97. The Balaban J connectivity index is 1.85. The molecule has 1 aromatic carbocycles. The van der Waals surface area contributed by atoms with Gasteiger partial charge in [-0.25, -0.2) is 0 Å². The Bertz CT molecular complexity index is 465. The van der Waals surface area contributed by atoms with Gasteiger partial charge in [-0.2, -0.15) is 0 Å². The van der Waals surface area contributed by atoms with Crippen LogP contribution in [0.3, 0.4) is 0 Å². The second kappa shape index (κ2) is 6.55. The number of amides is 2. The van der Waals surface area contributed by atoms with Crippen molar-refractivity contribution >= 4 is 11.8 Å². The third-order valence-electron chi connectivity index (χ3n) is 3.93. The smallest absolute Gasteiger partial charge is 0.223 e. The summed E-state index contributed by atoms with van der Waals surface area (Å²) in [5.74, 6) is 0.508. The average molecular weight is 274 g/mol. The highest BCUT2D eigenvalue weighted by Crippen LogP contribution is 2.20. The molecule has 4 heteroatoms. The fraction of sp³-hybridized carbons (Fsp3) is 0.500. The van der Waals surface area contributed by atoms with Gasteiger partial charge < -0.3 is 9.80 Å². The van der Waals surface area contributed by atoms with Crippen LogP contribution in [0.2, 0.25) is 0 Å². The molecule has 0 aliphatic carbocycles. The van der Waals surface area contributed by atoms with Crippen LogP contribution in [-0.2, 0) is 9.59 Å². The van der Waals surface area contributed by atoms with E-state index in [9.17, 15) is 9.59 Å². The Morgan fingerprint density at radius 1 is 1.05 bits per heavy atom. The zero-order valence-corrected chi connectivity index (χ0v) is 12.2. The van der Waals surface area contributed by atoms with Crippen LogP contribution in [0.1, 0.15) is 31.7 Å². The maximum atomic E-state index is 12.3. The normalized spacial score (nSPS) is 16.9. The Morgan fingerprint density at radius 3 is 2.15 bits per heavy atom. The summed E-state index contributed by atoms with van der Waals surface area (Å²) in [7, 11) is 0. The molecule has 0 spiro atoms. The summed E-state index contributed by atoms with van der Waals surface area (Å²) in [4.78, 5) is 27.2. The number of carbonyl (C=O) groups excluding carboxylic acids is 2. The summed E-state index contributed by atoms with van der Waals surface area (Å²) >= 11 is 0. The molecule has 1 saturated heterocycles. The van der Waals surface area contributed by atoms with Crippen molar-refractivity contribution in [1.29, 1.82) is 0 Å². The molecular formula is C16H22N2O2. The molecule has 2 amide bonds. The first-order chi connectivity index (χ1) is 9.58. The predicted molar refractivity (Wildman–Crippen MR) is 78.3 cm³/mol. The van der Waals surface area contributed by atoms with Gasteiger partial charge >= 0.3 is 0 Å². The number of hydrogen-bond donors (Lipinski definition) is 0. The van der Waals surface area contributed by atoms with E-state index in [4.69, 9.17) is 0 Å². The molecule has 1 aliphatic heterocycles. The van der Waals surface area contributed by atoms with Gasteiger partial charge in [0.2, 0.25) is 11.8 Å². The standard InChI is InChI=1S/C16H22N2O2/c1-13(15-6-4-3-5-7-15)12-16(20)18-10-8-17(9-11-18)14(2)19/h3-7,13H,8-12H2,1-2H3. The SMILES string of the molecule is CC(=O)N1CCN(C(=O)CC(C)c2ccccc2)CC1. The van der Waals surface area contributed by atoms with Gasteiger partial charge in [-0.15, -0.1) is 0 Å². The molecule has 1 heterocycles. The number of piperazine rings is 1. The molecule has 4 nitrogen and oxygen atoms in total. The third-order valence-corrected chi connectivity index (χ3v) is 3.93. The molecule has 0 radical (unpaired) electrons. The number of nitrogens with zero attached hydrogens (tertiary/aromatic N) is 2. The molecule has 2 rings (SSSR count). The molecule has 0 N–H and O–H groups in total. The van der Waals surface area contributed by atoms with Gasteiger partial charge in [-0.05, 0) is 11.5 Å². The molecule has 0 bridgehead atoms. The van der Waals surface area contributed by atoms with E-state index in [2.05, 4.69) is 19.1 Å². The van der Waals surface area contributed by atoms with Gasteiger partial charge in [0, 0.05) is 39.5 Å². The van der Waals surface area contributed by atoms with Gasteiger partial charge in [0.1, 0.15) is 0 Å². The van der Waals surface area contributed by atoms with Gasteiger partial charge in [0.05, 0.1) is 0 Å². The van der Waals surface area contributed by atoms with E-state index in [-0.39, 0.29) is 17.7 Å². The first-order valence-corrected chi connectivity index (χ1v) is 7.16. The lowest BCUT2D eigenvalue weighted by Crippen LogP contribution is -2.50. The lowest BCUT2D eigenvalue weighted by Gasteiger charge is -2.34. The van der Waals surface area contributed by atoms with E-state index in [0.717, 1.165) is 0 Å². The van der Waals surface area contributed by atoms with E-state index >= 15 is 0 Å². The van der Waals surface area contributed by atoms with Gasteiger partial charge in [-0.1, -0.05) is 37.3 Å². The minimum atomic E-state index is 0.0924. The van der Waals surface area contributed by atoms with Crippen LogP contribution < -0.4 is 0 Å². The van der Waals surface area contributed by atoms with Crippen LogP contribution in [-0.4, -0.2) is 47.8 Å². The highest BCUT2D eigenvalue weighted by atomic mass is 16.2. The summed E-state index contributed by atoms with van der Waals surface area (Å²) in [6.07, 6.45) is 0.532. The molecule has 0 aromatic heterocycles. The summed E-state index contributed by atoms with van der Waals surface area (Å²) in [5, 5.41) is 0. The van der Waals surface area contributed by atoms with Crippen LogP contribution in [0.25, 0.3) is 0 Å². The lowest BCUT2D eigenvalue weighted by molar-refractivity contribution is -0.138. The van der Waals surface area contributed by atoms with Gasteiger partial charge in [-0.3, -0.25) is 9.59 Å². The quantitative estimate of drug-likeness (QED) is 0.844. The van der Waals surface area contributed by atoms with Crippen LogP contribution in [0.4, 0.5) is 0 Å². The summed E-state index contributed by atoms with van der Waals surface area (Å²) < 4.78 is 0. The second-order valence-corrected chi connectivity index (χ2v) is 5.40. The molecule has 1 fully saturated rings. The highest BCUT2D eigenvalue weighted by molar-refractivity contribution is 5.78. The highest BCUT2D eigenvalue weighted by Gasteiger charge is 2.23. The fourth-order valence-electron chi connectivity index (χ4n) is 2.56.